The van der Waals surface area contributed by atoms with Crippen molar-refractivity contribution in [3.05, 3.63) is 11.7 Å². The molecular weight excluding hydrogens is 226 g/mol. The highest BCUT2D eigenvalue weighted by Gasteiger charge is 2.30. The minimum absolute atomic E-state index is 0.103. The fourth-order valence-corrected chi connectivity index (χ4v) is 1.36. The summed E-state index contributed by atoms with van der Waals surface area (Å²) in [4.78, 5) is 25.9. The summed E-state index contributed by atoms with van der Waals surface area (Å²) in [6.45, 7) is 0.119. The SMILES string of the molecule is NC(=O)OCCCC(=O)c1noc(C2CC2)n1. The number of Topliss-reactive ketones (excluding diaryl/α,β-unsaturated/α-hetero) is 1. The first-order chi connectivity index (χ1) is 8.16. The molecule has 0 bridgehead atoms. The molecule has 0 unspecified atom stereocenters. The van der Waals surface area contributed by atoms with Crippen LogP contribution in [0.5, 0.6) is 0 Å². The Morgan fingerprint density at radius 3 is 2.88 bits per heavy atom. The predicted octanol–water partition coefficient (Wildman–Crippen LogP) is 1.01. The highest BCUT2D eigenvalue weighted by Crippen LogP contribution is 2.38. The predicted molar refractivity (Wildman–Crippen MR) is 55.4 cm³/mol. The van der Waals surface area contributed by atoms with E-state index in [1.807, 2.05) is 0 Å². The maximum absolute atomic E-state index is 11.6. The van der Waals surface area contributed by atoms with Gasteiger partial charge in [-0.3, -0.25) is 4.79 Å². The Hall–Kier alpha value is -1.92. The van der Waals surface area contributed by atoms with E-state index in [1.165, 1.54) is 0 Å². The van der Waals surface area contributed by atoms with Crippen LogP contribution in [0.4, 0.5) is 4.79 Å². The number of nitrogens with two attached hydrogens (primary N) is 1. The Balaban J connectivity index is 1.76. The molecule has 1 aliphatic rings. The summed E-state index contributed by atoms with van der Waals surface area (Å²) >= 11 is 0. The lowest BCUT2D eigenvalue weighted by molar-refractivity contribution is 0.0950. The summed E-state index contributed by atoms with van der Waals surface area (Å²) < 4.78 is 9.47. The number of primary amides is 1. The van der Waals surface area contributed by atoms with Gasteiger partial charge in [0.1, 0.15) is 0 Å². The molecule has 0 aliphatic heterocycles. The number of nitrogens with zero attached hydrogens (tertiary/aromatic N) is 2. The van der Waals surface area contributed by atoms with Gasteiger partial charge in [0.05, 0.1) is 6.61 Å². The van der Waals surface area contributed by atoms with E-state index < -0.39 is 6.09 Å². The molecule has 1 heterocycles. The molecule has 1 fully saturated rings. The van der Waals surface area contributed by atoms with Crippen molar-refractivity contribution >= 4 is 11.9 Å². The topological polar surface area (TPSA) is 108 Å². The van der Waals surface area contributed by atoms with Crippen molar-refractivity contribution in [1.82, 2.24) is 10.1 Å². The van der Waals surface area contributed by atoms with Gasteiger partial charge >= 0.3 is 6.09 Å². The van der Waals surface area contributed by atoms with Crippen LogP contribution >= 0.6 is 0 Å². The van der Waals surface area contributed by atoms with Crippen molar-refractivity contribution in [3.8, 4) is 0 Å². The summed E-state index contributed by atoms with van der Waals surface area (Å²) in [5.74, 6) is 0.767. The third-order valence-electron chi connectivity index (χ3n) is 2.41. The van der Waals surface area contributed by atoms with Gasteiger partial charge in [0.25, 0.3) is 0 Å². The second-order valence-corrected chi connectivity index (χ2v) is 3.92. The molecular formula is C10H13N3O4. The third-order valence-corrected chi connectivity index (χ3v) is 2.41. The fourth-order valence-electron chi connectivity index (χ4n) is 1.36. The number of amides is 1. The number of ketones is 1. The van der Waals surface area contributed by atoms with Crippen molar-refractivity contribution in [2.45, 2.75) is 31.6 Å². The van der Waals surface area contributed by atoms with Crippen LogP contribution < -0.4 is 5.73 Å². The van der Waals surface area contributed by atoms with Crippen molar-refractivity contribution in [1.29, 1.82) is 0 Å². The first kappa shape index (κ1) is 11.6. The molecule has 1 aliphatic carbocycles. The molecule has 1 saturated carbocycles. The van der Waals surface area contributed by atoms with Crippen molar-refractivity contribution in [2.24, 2.45) is 5.73 Å². The number of hydrogen-bond donors (Lipinski definition) is 1. The standard InChI is InChI=1S/C10H13N3O4/c11-10(15)16-5-1-2-7(14)8-12-9(17-13-8)6-3-4-6/h6H,1-5H2,(H2,11,15). The molecule has 1 aromatic heterocycles. The second-order valence-electron chi connectivity index (χ2n) is 3.92. The van der Waals surface area contributed by atoms with Crippen LogP contribution in [0.3, 0.4) is 0 Å². The van der Waals surface area contributed by atoms with Gasteiger partial charge in [-0.2, -0.15) is 4.98 Å². The molecule has 7 heteroatoms. The Kier molecular flexibility index (Phi) is 3.36. The maximum Gasteiger partial charge on any atom is 0.404 e. The number of carbonyl (C=O) groups is 2. The quantitative estimate of drug-likeness (QED) is 0.586. The van der Waals surface area contributed by atoms with Crippen LogP contribution in [0.15, 0.2) is 4.52 Å². The van der Waals surface area contributed by atoms with Gasteiger partial charge in [-0.1, -0.05) is 5.16 Å². The maximum atomic E-state index is 11.6. The molecule has 1 amide bonds. The molecule has 1 aromatic rings. The molecule has 0 aromatic carbocycles. The van der Waals surface area contributed by atoms with Gasteiger partial charge in [-0.05, 0) is 19.3 Å². The van der Waals surface area contributed by atoms with Crippen LogP contribution in [0, 0.1) is 0 Å². The van der Waals surface area contributed by atoms with Crippen LogP contribution in [0.1, 0.15) is 48.1 Å². The number of hydrogen-bond acceptors (Lipinski definition) is 6. The molecule has 2 rings (SSSR count). The lowest BCUT2D eigenvalue weighted by atomic mass is 10.2. The van der Waals surface area contributed by atoms with E-state index in [9.17, 15) is 9.59 Å². The number of aromatic nitrogens is 2. The zero-order valence-corrected chi connectivity index (χ0v) is 9.22. The average Bonchev–Trinajstić information content (AvgIpc) is 3.02. The second kappa shape index (κ2) is 4.94. The fraction of sp³-hybridized carbons (Fsp3) is 0.600. The van der Waals surface area contributed by atoms with E-state index in [0.717, 1.165) is 12.8 Å². The minimum Gasteiger partial charge on any atom is -0.450 e. The Morgan fingerprint density at radius 2 is 2.24 bits per heavy atom. The smallest absolute Gasteiger partial charge is 0.404 e. The number of rotatable bonds is 6. The van der Waals surface area contributed by atoms with E-state index >= 15 is 0 Å². The molecule has 17 heavy (non-hydrogen) atoms. The average molecular weight is 239 g/mol. The van der Waals surface area contributed by atoms with Crippen LogP contribution in [-0.4, -0.2) is 28.6 Å². The van der Waals surface area contributed by atoms with Crippen LogP contribution in [0.2, 0.25) is 0 Å². The highest BCUT2D eigenvalue weighted by molar-refractivity contribution is 5.92. The van der Waals surface area contributed by atoms with Crippen molar-refractivity contribution in [2.75, 3.05) is 6.61 Å². The minimum atomic E-state index is -0.840. The van der Waals surface area contributed by atoms with Crippen LogP contribution in [0.25, 0.3) is 0 Å². The van der Waals surface area contributed by atoms with Crippen molar-refractivity contribution < 1.29 is 18.8 Å². The molecule has 92 valence electrons. The zero-order valence-electron chi connectivity index (χ0n) is 9.22. The summed E-state index contributed by atoms with van der Waals surface area (Å²) in [6, 6.07) is 0. The molecule has 0 spiro atoms. The van der Waals surface area contributed by atoms with E-state index in [-0.39, 0.29) is 24.6 Å². The Morgan fingerprint density at radius 1 is 1.47 bits per heavy atom. The van der Waals surface area contributed by atoms with E-state index in [1.54, 1.807) is 0 Å². The van der Waals surface area contributed by atoms with Gasteiger partial charge < -0.3 is 15.0 Å². The number of ether oxygens (including phenoxy) is 1. The third kappa shape index (κ3) is 3.27. The van der Waals surface area contributed by atoms with E-state index in [2.05, 4.69) is 14.9 Å². The van der Waals surface area contributed by atoms with E-state index in [0.29, 0.717) is 18.2 Å². The normalized spacial score (nSPS) is 14.6. The Labute approximate surface area is 97.3 Å². The molecule has 0 saturated heterocycles. The van der Waals surface area contributed by atoms with Gasteiger partial charge in [0.2, 0.25) is 17.5 Å². The zero-order chi connectivity index (χ0) is 12.3. The van der Waals surface area contributed by atoms with Crippen molar-refractivity contribution in [3.63, 3.8) is 0 Å². The lowest BCUT2D eigenvalue weighted by Crippen LogP contribution is -2.14. The molecule has 0 atom stereocenters. The first-order valence-corrected chi connectivity index (χ1v) is 5.46. The van der Waals surface area contributed by atoms with Crippen LogP contribution in [-0.2, 0) is 4.74 Å². The summed E-state index contributed by atoms with van der Waals surface area (Å²) in [6.07, 6.45) is 1.85. The van der Waals surface area contributed by atoms with Gasteiger partial charge in [-0.25, -0.2) is 4.79 Å². The lowest BCUT2D eigenvalue weighted by Gasteiger charge is -1.98. The van der Waals surface area contributed by atoms with Gasteiger partial charge in [0.15, 0.2) is 0 Å². The number of carbonyl (C=O) groups excluding carboxylic acids is 2. The summed E-state index contributed by atoms with van der Waals surface area (Å²) in [5, 5.41) is 3.62. The highest BCUT2D eigenvalue weighted by atomic mass is 16.5. The summed E-state index contributed by atoms with van der Waals surface area (Å²) in [5.41, 5.74) is 4.78. The first-order valence-electron chi connectivity index (χ1n) is 5.46. The monoisotopic (exact) mass is 239 g/mol. The Bertz CT molecular complexity index is 425. The van der Waals surface area contributed by atoms with E-state index in [4.69, 9.17) is 10.3 Å². The molecule has 7 nitrogen and oxygen atoms in total. The molecule has 2 N–H and O–H groups in total. The van der Waals surface area contributed by atoms with Gasteiger partial charge in [-0.15, -0.1) is 0 Å². The molecule has 0 radical (unpaired) electrons. The van der Waals surface area contributed by atoms with Gasteiger partial charge in [0, 0.05) is 12.3 Å². The summed E-state index contributed by atoms with van der Waals surface area (Å²) in [7, 11) is 0. The largest absolute Gasteiger partial charge is 0.450 e.